The summed E-state index contributed by atoms with van der Waals surface area (Å²) < 4.78 is 0. The van der Waals surface area contributed by atoms with Crippen molar-refractivity contribution in [2.24, 2.45) is 0 Å². The lowest BCUT2D eigenvalue weighted by atomic mass is 10.0. The Balaban J connectivity index is 1.55. The van der Waals surface area contributed by atoms with Gasteiger partial charge in [0.25, 0.3) is 0 Å². The van der Waals surface area contributed by atoms with E-state index in [1.54, 1.807) is 0 Å². The predicted octanol–water partition coefficient (Wildman–Crippen LogP) is 1.39. The van der Waals surface area contributed by atoms with Crippen molar-refractivity contribution in [2.75, 3.05) is 13.1 Å². The average Bonchev–Trinajstić information content (AvgIpc) is 2.89. The van der Waals surface area contributed by atoms with Crippen LogP contribution in [0.4, 0.5) is 0 Å². The lowest BCUT2D eigenvalue weighted by molar-refractivity contribution is -0.134. The van der Waals surface area contributed by atoms with Crippen LogP contribution in [0.25, 0.3) is 11.0 Å². The van der Waals surface area contributed by atoms with Crippen molar-refractivity contribution in [2.45, 2.75) is 45.2 Å². The van der Waals surface area contributed by atoms with Crippen LogP contribution in [-0.4, -0.2) is 45.9 Å². The Morgan fingerprint density at radius 3 is 2.87 bits per heavy atom. The minimum atomic E-state index is -0.186. The van der Waals surface area contributed by atoms with Crippen molar-refractivity contribution in [1.29, 1.82) is 0 Å². The lowest BCUT2D eigenvalue weighted by Gasteiger charge is -2.38. The van der Waals surface area contributed by atoms with E-state index in [0.29, 0.717) is 12.5 Å². The number of carbonyl (C=O) groups excluding carboxylic acids is 1. The van der Waals surface area contributed by atoms with E-state index in [9.17, 15) is 9.59 Å². The second-order valence-corrected chi connectivity index (χ2v) is 6.38. The number of piperazine rings is 1. The van der Waals surface area contributed by atoms with E-state index >= 15 is 0 Å². The molecule has 3 rings (SSSR count). The maximum atomic E-state index is 12.4. The van der Waals surface area contributed by atoms with Gasteiger partial charge in [0.1, 0.15) is 0 Å². The summed E-state index contributed by atoms with van der Waals surface area (Å²) in [7, 11) is 0. The molecule has 124 valence electrons. The van der Waals surface area contributed by atoms with E-state index in [2.05, 4.69) is 29.1 Å². The van der Waals surface area contributed by atoms with Crippen molar-refractivity contribution in [3.63, 3.8) is 0 Å². The molecule has 0 bridgehead atoms. The maximum Gasteiger partial charge on any atom is 0.323 e. The van der Waals surface area contributed by atoms with Crippen LogP contribution in [0.1, 0.15) is 32.3 Å². The van der Waals surface area contributed by atoms with Gasteiger partial charge in [0.15, 0.2) is 0 Å². The summed E-state index contributed by atoms with van der Waals surface area (Å²) in [5.41, 5.74) is 2.60. The van der Waals surface area contributed by atoms with Crippen molar-refractivity contribution < 1.29 is 4.79 Å². The Hall–Kier alpha value is -2.08. The van der Waals surface area contributed by atoms with E-state index in [1.807, 2.05) is 23.1 Å². The van der Waals surface area contributed by atoms with Crippen LogP contribution in [-0.2, 0) is 11.2 Å². The first kappa shape index (κ1) is 15.8. The van der Waals surface area contributed by atoms with Crippen molar-refractivity contribution in [3.8, 4) is 0 Å². The summed E-state index contributed by atoms with van der Waals surface area (Å²) in [5, 5.41) is 3.39. The number of aryl methyl sites for hydroxylation is 1. The summed E-state index contributed by atoms with van der Waals surface area (Å²) in [5.74, 6) is 0.238. The number of aromatic amines is 2. The Bertz CT molecular complexity index is 748. The van der Waals surface area contributed by atoms with Crippen molar-refractivity contribution >= 4 is 16.9 Å². The molecule has 1 fully saturated rings. The van der Waals surface area contributed by atoms with E-state index in [0.717, 1.165) is 42.5 Å². The third-order valence-electron chi connectivity index (χ3n) is 4.79. The van der Waals surface area contributed by atoms with Gasteiger partial charge in [-0.3, -0.25) is 4.79 Å². The molecule has 6 heteroatoms. The summed E-state index contributed by atoms with van der Waals surface area (Å²) in [6, 6.07) is 6.49. The molecule has 1 aliphatic rings. The second kappa shape index (κ2) is 6.58. The molecule has 2 atom stereocenters. The van der Waals surface area contributed by atoms with Crippen LogP contribution in [0.5, 0.6) is 0 Å². The monoisotopic (exact) mass is 316 g/mol. The number of nitrogens with one attached hydrogen (secondary N) is 3. The fourth-order valence-electron chi connectivity index (χ4n) is 3.23. The molecular weight excluding hydrogens is 292 g/mol. The quantitative estimate of drug-likeness (QED) is 0.797. The van der Waals surface area contributed by atoms with Crippen LogP contribution in [0.15, 0.2) is 23.0 Å². The topological polar surface area (TPSA) is 81.0 Å². The first-order chi connectivity index (χ1) is 11.0. The molecule has 0 spiro atoms. The summed E-state index contributed by atoms with van der Waals surface area (Å²) in [6.07, 6.45) is 2.23. The number of H-pyrrole nitrogens is 2. The molecule has 0 radical (unpaired) electrons. The number of carbonyl (C=O) groups is 1. The highest BCUT2D eigenvalue weighted by atomic mass is 16.2. The number of rotatable bonds is 4. The number of nitrogens with zero attached hydrogens (tertiary/aromatic N) is 1. The minimum Gasteiger partial charge on any atom is -0.337 e. The Morgan fingerprint density at radius 1 is 1.26 bits per heavy atom. The van der Waals surface area contributed by atoms with E-state index in [-0.39, 0.29) is 17.6 Å². The Kier molecular flexibility index (Phi) is 4.52. The number of benzene rings is 1. The predicted molar refractivity (Wildman–Crippen MR) is 90.5 cm³/mol. The molecule has 1 aromatic heterocycles. The highest BCUT2D eigenvalue weighted by molar-refractivity contribution is 5.77. The Labute approximate surface area is 135 Å². The van der Waals surface area contributed by atoms with Gasteiger partial charge in [-0.15, -0.1) is 0 Å². The normalized spacial score (nSPS) is 21.7. The average molecular weight is 316 g/mol. The molecule has 1 aliphatic heterocycles. The number of hydrogen-bond acceptors (Lipinski definition) is 3. The van der Waals surface area contributed by atoms with Crippen molar-refractivity contribution in [3.05, 3.63) is 34.2 Å². The number of hydrogen-bond donors (Lipinski definition) is 3. The zero-order valence-electron chi connectivity index (χ0n) is 13.7. The fraction of sp³-hybridized carbons (Fsp3) is 0.529. The summed E-state index contributed by atoms with van der Waals surface area (Å²) in [6.45, 7) is 5.89. The van der Waals surface area contributed by atoms with E-state index in [1.165, 1.54) is 0 Å². The highest BCUT2D eigenvalue weighted by Gasteiger charge is 2.27. The molecule has 3 N–H and O–H groups in total. The number of aromatic nitrogens is 2. The summed E-state index contributed by atoms with van der Waals surface area (Å²) >= 11 is 0. The highest BCUT2D eigenvalue weighted by Crippen LogP contribution is 2.15. The third-order valence-corrected chi connectivity index (χ3v) is 4.79. The van der Waals surface area contributed by atoms with E-state index in [4.69, 9.17) is 0 Å². The van der Waals surface area contributed by atoms with Gasteiger partial charge in [0.2, 0.25) is 5.91 Å². The van der Waals surface area contributed by atoms with Crippen LogP contribution in [0.2, 0.25) is 0 Å². The van der Waals surface area contributed by atoms with Crippen molar-refractivity contribution in [1.82, 2.24) is 20.2 Å². The smallest absolute Gasteiger partial charge is 0.323 e. The molecule has 2 aromatic rings. The first-order valence-electron chi connectivity index (χ1n) is 8.28. The first-order valence-corrected chi connectivity index (χ1v) is 8.28. The third kappa shape index (κ3) is 3.47. The van der Waals surface area contributed by atoms with Gasteiger partial charge in [0.05, 0.1) is 11.0 Å². The SMILES string of the molecule is CC1NCCN(C(=O)CCCc2ccc3[nH]c(=O)[nH]c3c2)C1C. The van der Waals surface area contributed by atoms with Gasteiger partial charge in [0, 0.05) is 31.6 Å². The van der Waals surface area contributed by atoms with E-state index < -0.39 is 0 Å². The number of imidazole rings is 1. The zero-order valence-corrected chi connectivity index (χ0v) is 13.7. The molecule has 6 nitrogen and oxygen atoms in total. The van der Waals surface area contributed by atoms with Crippen LogP contribution < -0.4 is 11.0 Å². The van der Waals surface area contributed by atoms with Gasteiger partial charge in [-0.25, -0.2) is 4.79 Å². The van der Waals surface area contributed by atoms with Crippen LogP contribution in [0, 0.1) is 0 Å². The summed E-state index contributed by atoms with van der Waals surface area (Å²) in [4.78, 5) is 31.2. The molecule has 1 saturated heterocycles. The maximum absolute atomic E-state index is 12.4. The van der Waals surface area contributed by atoms with Gasteiger partial charge >= 0.3 is 5.69 Å². The molecular formula is C17H24N4O2. The number of fused-ring (bicyclic) bond motifs is 1. The number of amides is 1. The lowest BCUT2D eigenvalue weighted by Crippen LogP contribution is -2.57. The Morgan fingerprint density at radius 2 is 2.04 bits per heavy atom. The molecule has 0 aliphatic carbocycles. The minimum absolute atomic E-state index is 0.186. The largest absolute Gasteiger partial charge is 0.337 e. The fourth-order valence-corrected chi connectivity index (χ4v) is 3.23. The molecule has 23 heavy (non-hydrogen) atoms. The van der Waals surface area contributed by atoms with Crippen LogP contribution in [0.3, 0.4) is 0 Å². The molecule has 2 unspecified atom stereocenters. The molecule has 2 heterocycles. The van der Waals surface area contributed by atoms with Gasteiger partial charge in [-0.1, -0.05) is 6.07 Å². The van der Waals surface area contributed by atoms with Gasteiger partial charge < -0.3 is 20.2 Å². The standard InChI is InChI=1S/C17H24N4O2/c1-11-12(2)21(9-8-18-11)16(22)5-3-4-13-6-7-14-15(10-13)20-17(23)19-14/h6-7,10-12,18H,3-5,8-9H2,1-2H3,(H2,19,20,23). The zero-order chi connectivity index (χ0) is 16.4. The van der Waals surface area contributed by atoms with Crippen LogP contribution >= 0.6 is 0 Å². The van der Waals surface area contributed by atoms with Gasteiger partial charge in [-0.05, 0) is 44.4 Å². The van der Waals surface area contributed by atoms with Gasteiger partial charge in [-0.2, -0.15) is 0 Å². The molecule has 1 aromatic carbocycles. The molecule has 0 saturated carbocycles. The molecule has 1 amide bonds. The second-order valence-electron chi connectivity index (χ2n) is 6.38.